The number of carbonyl (C=O) groups excluding carboxylic acids is 1. The number of benzene rings is 1. The molecule has 1 saturated carbocycles. The van der Waals surface area contributed by atoms with Gasteiger partial charge in [0.1, 0.15) is 5.75 Å². The van der Waals surface area contributed by atoms with Gasteiger partial charge in [-0.25, -0.2) is 0 Å². The Hall–Kier alpha value is -1.55. The molecule has 1 saturated heterocycles. The Morgan fingerprint density at radius 3 is 2.68 bits per heavy atom. The van der Waals surface area contributed by atoms with E-state index in [9.17, 15) is 4.79 Å². The van der Waals surface area contributed by atoms with Gasteiger partial charge in [0.2, 0.25) is 5.91 Å². The molecule has 0 aromatic heterocycles. The highest BCUT2D eigenvalue weighted by atomic mass is 127. The minimum Gasteiger partial charge on any atom is -0.493 e. The van der Waals surface area contributed by atoms with Crippen LogP contribution in [-0.4, -0.2) is 51.8 Å². The van der Waals surface area contributed by atoms with Gasteiger partial charge >= 0.3 is 0 Å². The van der Waals surface area contributed by atoms with Crippen molar-refractivity contribution in [1.82, 2.24) is 16.0 Å². The lowest BCUT2D eigenvalue weighted by molar-refractivity contribution is -0.127. The lowest BCUT2D eigenvalue weighted by Crippen LogP contribution is -2.39. The third kappa shape index (κ3) is 8.48. The Bertz CT molecular complexity index is 719. The minimum absolute atomic E-state index is 0. The molecular formula is C23H37IN4O3. The Labute approximate surface area is 203 Å². The first-order valence-electron chi connectivity index (χ1n) is 11.2. The van der Waals surface area contributed by atoms with E-state index in [2.05, 4.69) is 46.1 Å². The third-order valence-electron chi connectivity index (χ3n) is 5.81. The van der Waals surface area contributed by atoms with Crippen molar-refractivity contribution >= 4 is 35.8 Å². The van der Waals surface area contributed by atoms with Crippen molar-refractivity contribution in [3.8, 4) is 5.75 Å². The summed E-state index contributed by atoms with van der Waals surface area (Å²) < 4.78 is 11.6. The summed E-state index contributed by atoms with van der Waals surface area (Å²) in [5, 5.41) is 9.68. The molecule has 1 aromatic carbocycles. The summed E-state index contributed by atoms with van der Waals surface area (Å²) >= 11 is 0. The van der Waals surface area contributed by atoms with Gasteiger partial charge in [0.05, 0.1) is 13.2 Å². The average molecular weight is 544 g/mol. The molecule has 174 valence electrons. The monoisotopic (exact) mass is 544 g/mol. The number of nitrogens with zero attached hydrogens (tertiary/aromatic N) is 1. The van der Waals surface area contributed by atoms with Crippen LogP contribution in [0.4, 0.5) is 0 Å². The fourth-order valence-electron chi connectivity index (χ4n) is 3.59. The highest BCUT2D eigenvalue weighted by Crippen LogP contribution is 2.26. The van der Waals surface area contributed by atoms with E-state index in [1.165, 1.54) is 12.0 Å². The summed E-state index contributed by atoms with van der Waals surface area (Å²) in [5.74, 6) is 2.60. The second-order valence-electron chi connectivity index (χ2n) is 8.28. The lowest BCUT2D eigenvalue weighted by Gasteiger charge is -2.24. The number of halogens is 1. The number of ether oxygens (including phenoxy) is 2. The summed E-state index contributed by atoms with van der Waals surface area (Å²) in [7, 11) is 1.76. The molecule has 2 aliphatic rings. The van der Waals surface area contributed by atoms with E-state index < -0.39 is 0 Å². The molecule has 0 radical (unpaired) electrons. The second kappa shape index (κ2) is 13.8. The zero-order chi connectivity index (χ0) is 21.2. The number of aryl methyl sites for hydroxylation is 1. The van der Waals surface area contributed by atoms with Crippen molar-refractivity contribution < 1.29 is 14.3 Å². The second-order valence-corrected chi connectivity index (χ2v) is 8.28. The van der Waals surface area contributed by atoms with Crippen LogP contribution in [0.1, 0.15) is 43.2 Å². The number of amides is 1. The van der Waals surface area contributed by atoms with Crippen LogP contribution >= 0.6 is 24.0 Å². The summed E-state index contributed by atoms with van der Waals surface area (Å²) in [4.78, 5) is 16.1. The first-order chi connectivity index (χ1) is 14.7. The molecule has 3 N–H and O–H groups in total. The SMILES string of the molecule is CN=C(NCCCNC(=O)C1CCC1)NCc1ccc(C)cc1OCC1CCOC1.I. The van der Waals surface area contributed by atoms with Gasteiger partial charge in [0.25, 0.3) is 0 Å². The number of nitrogens with one attached hydrogen (secondary N) is 3. The van der Waals surface area contributed by atoms with Crippen LogP contribution in [0.5, 0.6) is 5.75 Å². The van der Waals surface area contributed by atoms with E-state index in [1.807, 2.05) is 0 Å². The first kappa shape index (κ1) is 25.7. The maximum absolute atomic E-state index is 11.8. The summed E-state index contributed by atoms with van der Waals surface area (Å²) in [6, 6.07) is 6.30. The summed E-state index contributed by atoms with van der Waals surface area (Å²) in [6.45, 7) is 6.47. The maximum atomic E-state index is 11.8. The molecule has 0 spiro atoms. The minimum atomic E-state index is 0. The zero-order valence-corrected chi connectivity index (χ0v) is 21.1. The van der Waals surface area contributed by atoms with E-state index >= 15 is 0 Å². The van der Waals surface area contributed by atoms with E-state index in [-0.39, 0.29) is 35.8 Å². The van der Waals surface area contributed by atoms with Crippen molar-refractivity contribution in [1.29, 1.82) is 0 Å². The number of hydrogen-bond acceptors (Lipinski definition) is 4. The normalized spacial score (nSPS) is 18.6. The topological polar surface area (TPSA) is 84.0 Å². The molecule has 3 rings (SSSR count). The van der Waals surface area contributed by atoms with Crippen LogP contribution in [-0.2, 0) is 16.1 Å². The standard InChI is InChI=1S/C23H36N4O3.HI/c1-17-7-8-20(21(13-17)30-16-18-9-12-29-15-18)14-27-23(24-2)26-11-4-10-25-22(28)19-5-3-6-19;/h7-8,13,18-19H,3-6,9-12,14-16H2,1-2H3,(H,25,28)(H2,24,26,27);1H. The average Bonchev–Trinajstić information content (AvgIpc) is 3.21. The van der Waals surface area contributed by atoms with E-state index in [0.717, 1.165) is 62.7 Å². The largest absolute Gasteiger partial charge is 0.493 e. The predicted molar refractivity (Wildman–Crippen MR) is 134 cm³/mol. The Morgan fingerprint density at radius 2 is 2.00 bits per heavy atom. The third-order valence-corrected chi connectivity index (χ3v) is 5.81. The van der Waals surface area contributed by atoms with Crippen LogP contribution in [0.25, 0.3) is 0 Å². The number of hydrogen-bond donors (Lipinski definition) is 3. The molecule has 1 heterocycles. The molecule has 1 amide bonds. The number of rotatable bonds is 10. The van der Waals surface area contributed by atoms with Gasteiger partial charge in [-0.3, -0.25) is 9.79 Å². The zero-order valence-electron chi connectivity index (χ0n) is 18.7. The van der Waals surface area contributed by atoms with Crippen LogP contribution in [0.15, 0.2) is 23.2 Å². The quantitative estimate of drug-likeness (QED) is 0.183. The molecule has 31 heavy (non-hydrogen) atoms. The molecule has 1 aliphatic carbocycles. The first-order valence-corrected chi connectivity index (χ1v) is 11.2. The summed E-state index contributed by atoms with van der Waals surface area (Å²) in [6.07, 6.45) is 5.20. The van der Waals surface area contributed by atoms with Gasteiger partial charge in [-0.2, -0.15) is 0 Å². The Kier molecular flexibility index (Phi) is 11.4. The van der Waals surface area contributed by atoms with Crippen molar-refractivity contribution in [3.05, 3.63) is 29.3 Å². The number of carbonyl (C=O) groups is 1. The summed E-state index contributed by atoms with van der Waals surface area (Å²) in [5.41, 5.74) is 2.29. The van der Waals surface area contributed by atoms with Crippen molar-refractivity contribution in [2.75, 3.05) is 40.0 Å². The fourth-order valence-corrected chi connectivity index (χ4v) is 3.59. The van der Waals surface area contributed by atoms with Crippen molar-refractivity contribution in [2.24, 2.45) is 16.8 Å². The predicted octanol–water partition coefficient (Wildman–Crippen LogP) is 3.00. The van der Waals surface area contributed by atoms with E-state index in [0.29, 0.717) is 25.6 Å². The lowest BCUT2D eigenvalue weighted by atomic mass is 9.85. The molecule has 2 fully saturated rings. The van der Waals surface area contributed by atoms with Gasteiger partial charge in [-0.05, 0) is 44.2 Å². The molecule has 1 aromatic rings. The van der Waals surface area contributed by atoms with Gasteiger partial charge < -0.3 is 25.4 Å². The van der Waals surface area contributed by atoms with Gasteiger partial charge in [-0.15, -0.1) is 24.0 Å². The molecule has 1 unspecified atom stereocenters. The number of aliphatic imine (C=N–C) groups is 1. The number of guanidine groups is 1. The fraction of sp³-hybridized carbons (Fsp3) is 0.652. The van der Waals surface area contributed by atoms with Gasteiger partial charge in [0.15, 0.2) is 5.96 Å². The van der Waals surface area contributed by atoms with Crippen molar-refractivity contribution in [3.63, 3.8) is 0 Å². The van der Waals surface area contributed by atoms with Gasteiger partial charge in [-0.1, -0.05) is 18.6 Å². The smallest absolute Gasteiger partial charge is 0.223 e. The molecule has 7 nitrogen and oxygen atoms in total. The Balaban J connectivity index is 0.00000341. The highest BCUT2D eigenvalue weighted by Gasteiger charge is 2.24. The van der Waals surface area contributed by atoms with E-state index in [4.69, 9.17) is 9.47 Å². The molecule has 1 atom stereocenters. The molecule has 1 aliphatic heterocycles. The highest BCUT2D eigenvalue weighted by molar-refractivity contribution is 14.0. The van der Waals surface area contributed by atoms with Crippen molar-refractivity contribution in [2.45, 2.75) is 45.6 Å². The Morgan fingerprint density at radius 1 is 1.19 bits per heavy atom. The van der Waals surface area contributed by atoms with Crippen LogP contribution in [0.2, 0.25) is 0 Å². The van der Waals surface area contributed by atoms with E-state index in [1.54, 1.807) is 7.05 Å². The van der Waals surface area contributed by atoms with Crippen LogP contribution < -0.4 is 20.7 Å². The van der Waals surface area contributed by atoms with Gasteiger partial charge in [0, 0.05) is 50.7 Å². The van der Waals surface area contributed by atoms with Crippen LogP contribution in [0.3, 0.4) is 0 Å². The maximum Gasteiger partial charge on any atom is 0.223 e. The molecule has 0 bridgehead atoms. The molecule has 8 heteroatoms. The molecular weight excluding hydrogens is 507 g/mol. The van der Waals surface area contributed by atoms with Crippen LogP contribution in [0, 0.1) is 18.8 Å².